The molecular formula is C16H30O2. The minimum absolute atomic E-state index is 0.299. The molecule has 0 aromatic heterocycles. The fraction of sp³-hybridized carbons (Fsp3) is 0.875. The van der Waals surface area contributed by atoms with Crippen LogP contribution in [0.15, 0.2) is 0 Å². The summed E-state index contributed by atoms with van der Waals surface area (Å²) in [6, 6.07) is 0. The molecule has 0 saturated heterocycles. The first-order valence-electron chi connectivity index (χ1n) is 7.61. The van der Waals surface area contributed by atoms with Gasteiger partial charge in [0.05, 0.1) is 0 Å². The van der Waals surface area contributed by atoms with Crippen molar-refractivity contribution in [2.75, 3.05) is 0 Å². The lowest BCUT2D eigenvalue weighted by Gasteiger charge is -2.13. The average Bonchev–Trinajstić information content (AvgIpc) is 2.31. The van der Waals surface area contributed by atoms with Crippen LogP contribution in [0.4, 0.5) is 0 Å². The molecule has 0 amide bonds. The quantitative estimate of drug-likeness (QED) is 0.473. The van der Waals surface area contributed by atoms with Gasteiger partial charge in [-0.05, 0) is 25.7 Å². The summed E-state index contributed by atoms with van der Waals surface area (Å²) in [6.45, 7) is 5.96. The second-order valence-electron chi connectivity index (χ2n) is 5.45. The number of carbonyl (C=O) groups is 2. The van der Waals surface area contributed by atoms with Gasteiger partial charge in [0.1, 0.15) is 11.6 Å². The highest BCUT2D eigenvalue weighted by molar-refractivity contribution is 5.78. The van der Waals surface area contributed by atoms with Crippen LogP contribution in [0.2, 0.25) is 0 Å². The minimum Gasteiger partial charge on any atom is -0.300 e. The van der Waals surface area contributed by atoms with Crippen molar-refractivity contribution < 1.29 is 9.59 Å². The summed E-state index contributed by atoms with van der Waals surface area (Å²) in [4.78, 5) is 22.6. The Bertz CT molecular complexity index is 233. The maximum Gasteiger partial charge on any atom is 0.132 e. The van der Waals surface area contributed by atoms with Crippen LogP contribution in [0, 0.1) is 5.92 Å². The Balaban J connectivity index is 3.65. The van der Waals surface area contributed by atoms with Gasteiger partial charge in [-0.15, -0.1) is 0 Å². The molecule has 0 aliphatic carbocycles. The van der Waals surface area contributed by atoms with Crippen molar-refractivity contribution in [2.45, 2.75) is 85.0 Å². The lowest BCUT2D eigenvalue weighted by atomic mass is 9.91. The number of unbranched alkanes of at least 4 members (excludes halogenated alkanes) is 2. The monoisotopic (exact) mass is 254 g/mol. The minimum atomic E-state index is 0.299. The Hall–Kier alpha value is -0.660. The summed E-state index contributed by atoms with van der Waals surface area (Å²) >= 11 is 0. The maximum atomic E-state index is 11.5. The van der Waals surface area contributed by atoms with Crippen LogP contribution in [0.1, 0.15) is 85.0 Å². The average molecular weight is 254 g/mol. The highest BCUT2D eigenvalue weighted by Gasteiger charge is 2.10. The van der Waals surface area contributed by atoms with Crippen molar-refractivity contribution in [3.8, 4) is 0 Å². The fourth-order valence-electron chi connectivity index (χ4n) is 2.42. The molecule has 0 radical (unpaired) electrons. The van der Waals surface area contributed by atoms with Crippen LogP contribution in [0.5, 0.6) is 0 Å². The third-order valence-corrected chi connectivity index (χ3v) is 3.40. The van der Waals surface area contributed by atoms with Crippen molar-refractivity contribution in [1.82, 2.24) is 0 Å². The topological polar surface area (TPSA) is 34.1 Å². The highest BCUT2D eigenvalue weighted by Crippen LogP contribution is 2.19. The smallest absolute Gasteiger partial charge is 0.132 e. The van der Waals surface area contributed by atoms with Gasteiger partial charge in [-0.2, -0.15) is 0 Å². The van der Waals surface area contributed by atoms with Crippen molar-refractivity contribution in [3.05, 3.63) is 0 Å². The van der Waals surface area contributed by atoms with Crippen molar-refractivity contribution in [3.63, 3.8) is 0 Å². The second kappa shape index (κ2) is 11.4. The standard InChI is InChI=1S/C16H30O2/c1-4-6-11-16(18)12-8-7-10-15(9-5-2)13-14(3)17/h15H,4-13H2,1-3H3. The molecule has 0 N–H and O–H groups in total. The summed E-state index contributed by atoms with van der Waals surface area (Å²) in [5, 5.41) is 0. The van der Waals surface area contributed by atoms with Gasteiger partial charge in [0.2, 0.25) is 0 Å². The number of ketones is 2. The van der Waals surface area contributed by atoms with Crippen molar-refractivity contribution >= 4 is 11.6 Å². The second-order valence-corrected chi connectivity index (χ2v) is 5.45. The molecule has 1 atom stereocenters. The van der Waals surface area contributed by atoms with E-state index in [4.69, 9.17) is 0 Å². The van der Waals surface area contributed by atoms with E-state index >= 15 is 0 Å². The molecule has 2 heteroatoms. The Labute approximate surface area is 113 Å². The molecule has 0 rings (SSSR count). The van der Waals surface area contributed by atoms with Gasteiger partial charge in [0, 0.05) is 19.3 Å². The van der Waals surface area contributed by atoms with Crippen LogP contribution in [0.25, 0.3) is 0 Å². The Morgan fingerprint density at radius 1 is 0.889 bits per heavy atom. The van der Waals surface area contributed by atoms with E-state index in [-0.39, 0.29) is 0 Å². The fourth-order valence-corrected chi connectivity index (χ4v) is 2.42. The van der Waals surface area contributed by atoms with E-state index in [1.54, 1.807) is 6.92 Å². The van der Waals surface area contributed by atoms with Crippen molar-refractivity contribution in [1.29, 1.82) is 0 Å². The summed E-state index contributed by atoms with van der Waals surface area (Å²) < 4.78 is 0. The molecule has 0 aromatic rings. The molecule has 0 heterocycles. The van der Waals surface area contributed by atoms with Gasteiger partial charge in [0.25, 0.3) is 0 Å². The van der Waals surface area contributed by atoms with Crippen LogP contribution < -0.4 is 0 Å². The maximum absolute atomic E-state index is 11.5. The molecule has 2 nitrogen and oxygen atoms in total. The molecule has 0 fully saturated rings. The van der Waals surface area contributed by atoms with Crippen LogP contribution >= 0.6 is 0 Å². The van der Waals surface area contributed by atoms with Crippen molar-refractivity contribution in [2.24, 2.45) is 5.92 Å². The normalized spacial score (nSPS) is 12.4. The Morgan fingerprint density at radius 2 is 1.56 bits per heavy atom. The Kier molecular flexibility index (Phi) is 11.0. The number of carbonyl (C=O) groups excluding carboxylic acids is 2. The first-order chi connectivity index (χ1) is 8.60. The predicted octanol–water partition coefficient (Wildman–Crippen LogP) is 4.70. The molecule has 106 valence electrons. The largest absolute Gasteiger partial charge is 0.300 e. The summed E-state index contributed by atoms with van der Waals surface area (Å²) in [7, 11) is 0. The SMILES string of the molecule is CCCCC(=O)CCCCC(CCC)CC(C)=O. The molecule has 0 aliphatic heterocycles. The third-order valence-electron chi connectivity index (χ3n) is 3.40. The van der Waals surface area contributed by atoms with E-state index in [0.717, 1.165) is 64.2 Å². The van der Waals surface area contributed by atoms with Crippen LogP contribution in [0.3, 0.4) is 0 Å². The first kappa shape index (κ1) is 17.3. The van der Waals surface area contributed by atoms with Crippen LogP contribution in [-0.4, -0.2) is 11.6 Å². The van der Waals surface area contributed by atoms with Gasteiger partial charge in [0.15, 0.2) is 0 Å². The van der Waals surface area contributed by atoms with E-state index in [2.05, 4.69) is 13.8 Å². The number of hydrogen-bond donors (Lipinski definition) is 0. The molecule has 18 heavy (non-hydrogen) atoms. The van der Waals surface area contributed by atoms with E-state index < -0.39 is 0 Å². The zero-order valence-electron chi connectivity index (χ0n) is 12.5. The number of Topliss-reactive ketones (excluding diaryl/α,β-unsaturated/α-hetero) is 2. The van der Waals surface area contributed by atoms with Crippen LogP contribution in [-0.2, 0) is 9.59 Å². The zero-order valence-corrected chi connectivity index (χ0v) is 12.5. The van der Waals surface area contributed by atoms with E-state index in [1.807, 2.05) is 0 Å². The van der Waals surface area contributed by atoms with Gasteiger partial charge >= 0.3 is 0 Å². The molecule has 0 bridgehead atoms. The molecular weight excluding hydrogens is 224 g/mol. The van der Waals surface area contributed by atoms with Gasteiger partial charge in [-0.1, -0.05) is 46.0 Å². The number of rotatable bonds is 12. The molecule has 0 spiro atoms. The van der Waals surface area contributed by atoms with E-state index in [1.165, 1.54) is 0 Å². The van der Waals surface area contributed by atoms with Gasteiger partial charge < -0.3 is 4.79 Å². The van der Waals surface area contributed by atoms with Gasteiger partial charge in [-0.25, -0.2) is 0 Å². The highest BCUT2D eigenvalue weighted by atomic mass is 16.1. The van der Waals surface area contributed by atoms with Gasteiger partial charge in [-0.3, -0.25) is 4.79 Å². The predicted molar refractivity (Wildman–Crippen MR) is 76.7 cm³/mol. The lowest BCUT2D eigenvalue weighted by molar-refractivity contribution is -0.119. The summed E-state index contributed by atoms with van der Waals surface area (Å²) in [6.07, 6.45) is 9.82. The molecule has 0 saturated carbocycles. The molecule has 0 aliphatic rings. The Morgan fingerprint density at radius 3 is 2.11 bits per heavy atom. The summed E-state index contributed by atoms with van der Waals surface area (Å²) in [5.74, 6) is 1.25. The third kappa shape index (κ3) is 10.5. The molecule has 1 unspecified atom stereocenters. The summed E-state index contributed by atoms with van der Waals surface area (Å²) in [5.41, 5.74) is 0. The lowest BCUT2D eigenvalue weighted by Crippen LogP contribution is -2.06. The number of hydrogen-bond acceptors (Lipinski definition) is 2. The zero-order chi connectivity index (χ0) is 13.8. The molecule has 0 aromatic carbocycles. The van der Waals surface area contributed by atoms with E-state index in [0.29, 0.717) is 17.5 Å². The first-order valence-corrected chi connectivity index (χ1v) is 7.61. The van der Waals surface area contributed by atoms with E-state index in [9.17, 15) is 9.59 Å².